The molecule has 1 aromatic rings. The van der Waals surface area contributed by atoms with Crippen LogP contribution in [0.15, 0.2) is 16.6 Å². The zero-order valence-electron chi connectivity index (χ0n) is 10.5. The summed E-state index contributed by atoms with van der Waals surface area (Å²) in [6, 6.07) is 4.29. The predicted octanol–water partition coefficient (Wildman–Crippen LogP) is 3.28. The Morgan fingerprint density at radius 2 is 2.28 bits per heavy atom. The fourth-order valence-electron chi connectivity index (χ4n) is 2.18. The van der Waals surface area contributed by atoms with E-state index in [0.717, 1.165) is 55.6 Å². The minimum Gasteiger partial charge on any atom is -0.493 e. The number of hydrogen-bond acceptors (Lipinski definition) is 2. The summed E-state index contributed by atoms with van der Waals surface area (Å²) in [5, 5.41) is 3.45. The van der Waals surface area contributed by atoms with E-state index in [1.54, 1.807) is 0 Å². The molecule has 3 heteroatoms. The van der Waals surface area contributed by atoms with Crippen LogP contribution < -0.4 is 10.1 Å². The minimum absolute atomic E-state index is 0.807. The van der Waals surface area contributed by atoms with E-state index in [1.165, 1.54) is 11.1 Å². The lowest BCUT2D eigenvalue weighted by molar-refractivity contribution is 0.352. The highest BCUT2D eigenvalue weighted by Gasteiger charge is 2.16. The van der Waals surface area contributed by atoms with Crippen molar-refractivity contribution in [3.8, 4) is 18.1 Å². The first kappa shape index (κ1) is 13.5. The monoisotopic (exact) mass is 307 g/mol. The molecular weight excluding hydrogens is 290 g/mol. The molecule has 0 saturated carbocycles. The van der Waals surface area contributed by atoms with Crippen molar-refractivity contribution in [3.63, 3.8) is 0 Å². The Hall–Kier alpha value is -0.980. The van der Waals surface area contributed by atoms with Gasteiger partial charge in [-0.3, -0.25) is 0 Å². The fourth-order valence-corrected chi connectivity index (χ4v) is 2.73. The summed E-state index contributed by atoms with van der Waals surface area (Å²) >= 11 is 3.55. The van der Waals surface area contributed by atoms with Gasteiger partial charge in [0, 0.05) is 29.4 Å². The molecule has 1 aliphatic rings. The predicted molar refractivity (Wildman–Crippen MR) is 77.7 cm³/mol. The molecule has 2 nitrogen and oxygen atoms in total. The normalized spacial score (nSPS) is 12.9. The molecule has 1 heterocycles. The number of terminal acetylenes is 1. The van der Waals surface area contributed by atoms with Crippen molar-refractivity contribution in [2.45, 2.75) is 32.2 Å². The number of unbranched alkanes of at least 4 members (excludes halogenated alkanes) is 2. The van der Waals surface area contributed by atoms with Gasteiger partial charge in [-0.25, -0.2) is 0 Å². The van der Waals surface area contributed by atoms with Crippen LogP contribution in [-0.2, 0) is 13.0 Å². The Morgan fingerprint density at radius 3 is 3.11 bits per heavy atom. The fraction of sp³-hybridized carbons (Fsp3) is 0.467. The van der Waals surface area contributed by atoms with Crippen LogP contribution in [-0.4, -0.2) is 13.2 Å². The molecule has 0 aliphatic carbocycles. The summed E-state index contributed by atoms with van der Waals surface area (Å²) in [5.74, 6) is 3.74. The molecule has 18 heavy (non-hydrogen) atoms. The second-order valence-electron chi connectivity index (χ2n) is 4.49. The first-order valence-corrected chi connectivity index (χ1v) is 7.19. The zero-order chi connectivity index (χ0) is 12.8. The lowest BCUT2D eigenvalue weighted by Crippen LogP contribution is -2.15. The van der Waals surface area contributed by atoms with Gasteiger partial charge in [-0.1, -0.05) is 15.9 Å². The Morgan fingerprint density at radius 1 is 1.39 bits per heavy atom. The molecule has 0 aromatic heterocycles. The molecule has 1 aromatic carbocycles. The van der Waals surface area contributed by atoms with Gasteiger partial charge in [0.15, 0.2) is 0 Å². The first-order valence-electron chi connectivity index (χ1n) is 6.39. The maximum Gasteiger partial charge on any atom is 0.127 e. The Labute approximate surface area is 117 Å². The third kappa shape index (κ3) is 3.51. The van der Waals surface area contributed by atoms with Crippen molar-refractivity contribution >= 4 is 15.9 Å². The molecule has 0 spiro atoms. The van der Waals surface area contributed by atoms with Crippen molar-refractivity contribution in [3.05, 3.63) is 27.7 Å². The maximum absolute atomic E-state index is 5.69. The van der Waals surface area contributed by atoms with Crippen molar-refractivity contribution in [2.24, 2.45) is 0 Å². The van der Waals surface area contributed by atoms with Crippen LogP contribution in [0.25, 0.3) is 0 Å². The topological polar surface area (TPSA) is 21.3 Å². The van der Waals surface area contributed by atoms with Crippen LogP contribution in [0, 0.1) is 12.3 Å². The third-order valence-corrected chi connectivity index (χ3v) is 3.52. The van der Waals surface area contributed by atoms with Gasteiger partial charge in [0.2, 0.25) is 0 Å². The van der Waals surface area contributed by atoms with E-state index >= 15 is 0 Å². The smallest absolute Gasteiger partial charge is 0.127 e. The molecule has 0 atom stereocenters. The number of hydrogen-bond donors (Lipinski definition) is 1. The lowest BCUT2D eigenvalue weighted by atomic mass is 10.1. The standard InChI is InChI=1S/C15H18BrNO/c1-2-3-4-5-7-17-11-13-10-14(16)9-12-6-8-18-15(12)13/h1,9-10,17H,3-8,11H2. The number of ether oxygens (including phenoxy) is 1. The number of rotatable bonds is 6. The molecule has 0 radical (unpaired) electrons. The van der Waals surface area contributed by atoms with E-state index in [0.29, 0.717) is 0 Å². The van der Waals surface area contributed by atoms with Crippen molar-refractivity contribution in [2.75, 3.05) is 13.2 Å². The van der Waals surface area contributed by atoms with Gasteiger partial charge in [-0.05, 0) is 37.1 Å². The van der Waals surface area contributed by atoms with Gasteiger partial charge in [0.1, 0.15) is 5.75 Å². The Balaban J connectivity index is 1.85. The lowest BCUT2D eigenvalue weighted by Gasteiger charge is -2.10. The maximum atomic E-state index is 5.69. The van der Waals surface area contributed by atoms with E-state index < -0.39 is 0 Å². The summed E-state index contributed by atoms with van der Waals surface area (Å²) in [6.07, 6.45) is 9.33. The largest absolute Gasteiger partial charge is 0.493 e. The van der Waals surface area contributed by atoms with E-state index in [1.807, 2.05) is 0 Å². The van der Waals surface area contributed by atoms with Crippen molar-refractivity contribution < 1.29 is 4.74 Å². The van der Waals surface area contributed by atoms with Gasteiger partial charge in [-0.15, -0.1) is 12.3 Å². The highest BCUT2D eigenvalue weighted by molar-refractivity contribution is 9.10. The molecule has 0 bridgehead atoms. The third-order valence-electron chi connectivity index (χ3n) is 3.07. The van der Waals surface area contributed by atoms with Crippen molar-refractivity contribution in [1.29, 1.82) is 0 Å². The van der Waals surface area contributed by atoms with Crippen LogP contribution >= 0.6 is 15.9 Å². The van der Waals surface area contributed by atoms with E-state index in [4.69, 9.17) is 11.2 Å². The SMILES string of the molecule is C#CCCCCNCc1cc(Br)cc2c1OCC2. The number of benzene rings is 1. The number of fused-ring (bicyclic) bond motifs is 1. The number of nitrogens with one attached hydrogen (secondary N) is 1. The van der Waals surface area contributed by atoms with Gasteiger partial charge in [0.05, 0.1) is 6.61 Å². The first-order chi connectivity index (χ1) is 8.81. The second-order valence-corrected chi connectivity index (χ2v) is 5.41. The quantitative estimate of drug-likeness (QED) is 0.643. The van der Waals surface area contributed by atoms with E-state index in [9.17, 15) is 0 Å². The van der Waals surface area contributed by atoms with E-state index in [2.05, 4.69) is 39.3 Å². The second kappa shape index (κ2) is 6.82. The zero-order valence-corrected chi connectivity index (χ0v) is 12.1. The van der Waals surface area contributed by atoms with Crippen LogP contribution in [0.3, 0.4) is 0 Å². The molecule has 0 amide bonds. The highest BCUT2D eigenvalue weighted by Crippen LogP contribution is 2.32. The van der Waals surface area contributed by atoms with Gasteiger partial charge in [-0.2, -0.15) is 0 Å². The molecule has 1 N–H and O–H groups in total. The summed E-state index contributed by atoms with van der Waals surface area (Å²) in [7, 11) is 0. The minimum atomic E-state index is 0.807. The summed E-state index contributed by atoms with van der Waals surface area (Å²) in [5.41, 5.74) is 2.56. The summed E-state index contributed by atoms with van der Waals surface area (Å²) < 4.78 is 6.83. The highest BCUT2D eigenvalue weighted by atomic mass is 79.9. The molecule has 2 rings (SSSR count). The molecule has 0 unspecified atom stereocenters. The summed E-state index contributed by atoms with van der Waals surface area (Å²) in [6.45, 7) is 2.67. The Kier molecular flexibility index (Phi) is 5.10. The van der Waals surface area contributed by atoms with Crippen LogP contribution in [0.2, 0.25) is 0 Å². The van der Waals surface area contributed by atoms with Gasteiger partial charge >= 0.3 is 0 Å². The molecule has 0 fully saturated rings. The van der Waals surface area contributed by atoms with E-state index in [-0.39, 0.29) is 0 Å². The van der Waals surface area contributed by atoms with Gasteiger partial charge in [0.25, 0.3) is 0 Å². The molecule has 1 aliphatic heterocycles. The molecule has 96 valence electrons. The van der Waals surface area contributed by atoms with Crippen molar-refractivity contribution in [1.82, 2.24) is 5.32 Å². The average Bonchev–Trinajstić information content (AvgIpc) is 2.81. The average molecular weight is 308 g/mol. The van der Waals surface area contributed by atoms with Gasteiger partial charge < -0.3 is 10.1 Å². The summed E-state index contributed by atoms with van der Waals surface area (Å²) in [4.78, 5) is 0. The van der Waals surface area contributed by atoms with Crippen LogP contribution in [0.4, 0.5) is 0 Å². The van der Waals surface area contributed by atoms with Crippen LogP contribution in [0.1, 0.15) is 30.4 Å². The number of halogens is 1. The molecular formula is C15H18BrNO. The van der Waals surface area contributed by atoms with Crippen LogP contribution in [0.5, 0.6) is 5.75 Å². The molecule has 0 saturated heterocycles. The Bertz CT molecular complexity index is 451.